The highest BCUT2D eigenvalue weighted by Gasteiger charge is 2.06. The summed E-state index contributed by atoms with van der Waals surface area (Å²) in [7, 11) is 0. The van der Waals surface area contributed by atoms with Crippen LogP contribution >= 0.6 is 0 Å². The van der Waals surface area contributed by atoms with E-state index < -0.39 is 0 Å². The van der Waals surface area contributed by atoms with Crippen LogP contribution in [0.5, 0.6) is 0 Å². The fourth-order valence-electron chi connectivity index (χ4n) is 1.68. The van der Waals surface area contributed by atoms with Crippen molar-refractivity contribution in [1.29, 1.82) is 0 Å². The number of nitrogens with zero attached hydrogens (tertiary/aromatic N) is 3. The maximum absolute atomic E-state index is 5.51. The second kappa shape index (κ2) is 5.69. The molecule has 0 spiro atoms. The first-order valence-corrected chi connectivity index (χ1v) is 6.35. The van der Waals surface area contributed by atoms with Gasteiger partial charge in [-0.15, -0.1) is 0 Å². The Morgan fingerprint density at radius 2 is 1.89 bits per heavy atom. The average Bonchev–Trinajstić information content (AvgIpc) is 2.66. The lowest BCUT2D eigenvalue weighted by Crippen LogP contribution is -2.07. The monoisotopic (exact) mass is 261 g/mol. The summed E-state index contributed by atoms with van der Waals surface area (Å²) in [5, 5.41) is 6.29. The molecular formula is C13H19N5O. The van der Waals surface area contributed by atoms with Crippen LogP contribution in [0.3, 0.4) is 0 Å². The Kier molecular flexibility index (Phi) is 3.99. The van der Waals surface area contributed by atoms with Crippen molar-refractivity contribution in [1.82, 2.24) is 15.0 Å². The van der Waals surface area contributed by atoms with Gasteiger partial charge in [0.1, 0.15) is 11.6 Å². The first-order valence-electron chi connectivity index (χ1n) is 6.35. The molecule has 0 bridgehead atoms. The molecule has 102 valence electrons. The Bertz CT molecular complexity index is 545. The summed E-state index contributed by atoms with van der Waals surface area (Å²) in [6, 6.07) is 1.89. The molecule has 6 heteroatoms. The lowest BCUT2D eigenvalue weighted by atomic mass is 10.4. The van der Waals surface area contributed by atoms with Gasteiger partial charge in [-0.25, -0.2) is 9.97 Å². The molecule has 2 rings (SSSR count). The Hall–Kier alpha value is -2.11. The van der Waals surface area contributed by atoms with Gasteiger partial charge >= 0.3 is 0 Å². The molecule has 2 heterocycles. The number of aromatic nitrogens is 3. The van der Waals surface area contributed by atoms with Crippen molar-refractivity contribution in [3.63, 3.8) is 0 Å². The van der Waals surface area contributed by atoms with Crippen LogP contribution in [0.4, 0.5) is 11.8 Å². The van der Waals surface area contributed by atoms with Gasteiger partial charge in [0.05, 0.1) is 12.2 Å². The molecule has 0 amide bonds. The molecule has 0 radical (unpaired) electrons. The Morgan fingerprint density at radius 1 is 1.11 bits per heavy atom. The smallest absolute Gasteiger partial charge is 0.224 e. The van der Waals surface area contributed by atoms with Crippen LogP contribution in [0.15, 0.2) is 10.5 Å². The van der Waals surface area contributed by atoms with Crippen molar-refractivity contribution in [3.05, 3.63) is 29.1 Å². The average molecular weight is 261 g/mol. The maximum atomic E-state index is 5.51. The number of aryl methyl sites for hydroxylation is 3. The molecule has 0 atom stereocenters. The summed E-state index contributed by atoms with van der Waals surface area (Å²) in [4.78, 5) is 13.0. The van der Waals surface area contributed by atoms with Crippen LogP contribution in [-0.2, 0) is 6.54 Å². The van der Waals surface area contributed by atoms with Gasteiger partial charge in [-0.3, -0.25) is 0 Å². The van der Waals surface area contributed by atoms with Gasteiger partial charge < -0.3 is 15.1 Å². The lowest BCUT2D eigenvalue weighted by molar-refractivity contribution is 0.478. The van der Waals surface area contributed by atoms with E-state index in [1.54, 1.807) is 0 Å². The van der Waals surface area contributed by atoms with Crippen molar-refractivity contribution in [2.24, 2.45) is 0 Å². The number of rotatable bonds is 5. The molecule has 6 nitrogen and oxygen atoms in total. The normalized spacial score (nSPS) is 10.5. The second-order valence-corrected chi connectivity index (χ2v) is 4.35. The van der Waals surface area contributed by atoms with Crippen LogP contribution in [0.1, 0.15) is 30.0 Å². The van der Waals surface area contributed by atoms with Gasteiger partial charge in [-0.05, 0) is 27.7 Å². The SMILES string of the molecule is CCNc1nc(C)cc(NCc2nc(C)c(C)o2)n1. The van der Waals surface area contributed by atoms with Crippen LogP contribution in [0, 0.1) is 20.8 Å². The number of oxazole rings is 1. The van der Waals surface area contributed by atoms with Gasteiger partial charge in [0.15, 0.2) is 0 Å². The second-order valence-electron chi connectivity index (χ2n) is 4.35. The third-order valence-corrected chi connectivity index (χ3v) is 2.68. The summed E-state index contributed by atoms with van der Waals surface area (Å²) in [5.74, 6) is 2.90. The minimum Gasteiger partial charge on any atom is -0.444 e. The highest BCUT2D eigenvalue weighted by molar-refractivity contribution is 5.42. The van der Waals surface area contributed by atoms with E-state index in [0.717, 1.165) is 29.5 Å². The summed E-state index contributed by atoms with van der Waals surface area (Å²) in [6.07, 6.45) is 0. The number of nitrogens with one attached hydrogen (secondary N) is 2. The maximum Gasteiger partial charge on any atom is 0.224 e. The molecule has 0 fully saturated rings. The van der Waals surface area contributed by atoms with E-state index in [9.17, 15) is 0 Å². The molecule has 0 unspecified atom stereocenters. The minimum absolute atomic E-state index is 0.511. The topological polar surface area (TPSA) is 75.9 Å². The van der Waals surface area contributed by atoms with E-state index in [1.165, 1.54) is 0 Å². The first kappa shape index (κ1) is 13.3. The van der Waals surface area contributed by atoms with Gasteiger partial charge in [0.25, 0.3) is 0 Å². The molecule has 2 aromatic rings. The van der Waals surface area contributed by atoms with Crippen LogP contribution in [0.25, 0.3) is 0 Å². The van der Waals surface area contributed by atoms with E-state index in [0.29, 0.717) is 18.4 Å². The van der Waals surface area contributed by atoms with Gasteiger partial charge in [-0.2, -0.15) is 4.98 Å². The van der Waals surface area contributed by atoms with E-state index >= 15 is 0 Å². The predicted octanol–water partition coefficient (Wildman–Crippen LogP) is 2.43. The first-order chi connectivity index (χ1) is 9.08. The van der Waals surface area contributed by atoms with Gasteiger partial charge in [-0.1, -0.05) is 0 Å². The summed E-state index contributed by atoms with van der Waals surface area (Å²) in [6.45, 7) is 9.09. The van der Waals surface area contributed by atoms with Crippen LogP contribution < -0.4 is 10.6 Å². The van der Waals surface area contributed by atoms with E-state index in [4.69, 9.17) is 4.42 Å². The summed E-state index contributed by atoms with van der Waals surface area (Å²) < 4.78 is 5.51. The Balaban J connectivity index is 2.06. The molecule has 2 N–H and O–H groups in total. The number of anilines is 2. The standard InChI is InChI=1S/C13H19N5O/c1-5-14-13-16-8(2)6-11(18-13)15-7-12-17-9(3)10(4)19-12/h6H,5,7H2,1-4H3,(H2,14,15,16,18). The molecule has 19 heavy (non-hydrogen) atoms. The highest BCUT2D eigenvalue weighted by atomic mass is 16.4. The predicted molar refractivity (Wildman–Crippen MR) is 74.2 cm³/mol. The quantitative estimate of drug-likeness (QED) is 0.861. The Labute approximate surface area is 112 Å². The van der Waals surface area contributed by atoms with Crippen molar-refractivity contribution >= 4 is 11.8 Å². The minimum atomic E-state index is 0.511. The van der Waals surface area contributed by atoms with Gasteiger partial charge in [0.2, 0.25) is 11.8 Å². The Morgan fingerprint density at radius 3 is 2.53 bits per heavy atom. The molecular weight excluding hydrogens is 242 g/mol. The van der Waals surface area contributed by atoms with Crippen molar-refractivity contribution in [3.8, 4) is 0 Å². The van der Waals surface area contributed by atoms with E-state index in [1.807, 2.05) is 33.8 Å². The van der Waals surface area contributed by atoms with Gasteiger partial charge in [0, 0.05) is 18.3 Å². The molecule has 0 aromatic carbocycles. The zero-order valence-electron chi connectivity index (χ0n) is 11.7. The summed E-state index contributed by atoms with van der Waals surface area (Å²) in [5.41, 5.74) is 1.83. The van der Waals surface area contributed by atoms with E-state index in [2.05, 4.69) is 25.6 Å². The largest absolute Gasteiger partial charge is 0.444 e. The van der Waals surface area contributed by atoms with Crippen molar-refractivity contribution in [2.45, 2.75) is 34.2 Å². The molecule has 0 aliphatic heterocycles. The fraction of sp³-hybridized carbons (Fsp3) is 0.462. The molecule has 2 aromatic heterocycles. The van der Waals surface area contributed by atoms with E-state index in [-0.39, 0.29) is 0 Å². The number of hydrogen-bond acceptors (Lipinski definition) is 6. The molecule has 0 aliphatic carbocycles. The highest BCUT2D eigenvalue weighted by Crippen LogP contribution is 2.12. The molecule has 0 saturated carbocycles. The third kappa shape index (κ3) is 3.43. The lowest BCUT2D eigenvalue weighted by Gasteiger charge is -2.07. The fourth-order valence-corrected chi connectivity index (χ4v) is 1.68. The van der Waals surface area contributed by atoms with Crippen molar-refractivity contribution < 1.29 is 4.42 Å². The molecule has 0 saturated heterocycles. The summed E-state index contributed by atoms with van der Waals surface area (Å²) >= 11 is 0. The zero-order valence-corrected chi connectivity index (χ0v) is 11.7. The van der Waals surface area contributed by atoms with Crippen LogP contribution in [-0.4, -0.2) is 21.5 Å². The molecule has 0 aliphatic rings. The number of hydrogen-bond donors (Lipinski definition) is 2. The van der Waals surface area contributed by atoms with Crippen LogP contribution in [0.2, 0.25) is 0 Å². The zero-order chi connectivity index (χ0) is 13.8. The van der Waals surface area contributed by atoms with Crippen molar-refractivity contribution in [2.75, 3.05) is 17.2 Å². The third-order valence-electron chi connectivity index (χ3n) is 2.68.